The molecule has 0 N–H and O–H groups in total. The van der Waals surface area contributed by atoms with Crippen LogP contribution in [0.15, 0.2) is 17.7 Å². The van der Waals surface area contributed by atoms with E-state index in [1.807, 2.05) is 0 Å². The van der Waals surface area contributed by atoms with E-state index in [2.05, 4.69) is 18.2 Å². The van der Waals surface area contributed by atoms with Crippen LogP contribution in [0.4, 0.5) is 0 Å². The third-order valence-electron chi connectivity index (χ3n) is 2.52. The molecule has 1 heteroatoms. The van der Waals surface area contributed by atoms with Gasteiger partial charge in [0.15, 0.2) is 0 Å². The van der Waals surface area contributed by atoms with Crippen molar-refractivity contribution in [2.75, 3.05) is 0 Å². The van der Waals surface area contributed by atoms with Gasteiger partial charge in [-0.2, -0.15) is 6.08 Å². The Morgan fingerprint density at radius 1 is 1.27 bits per heavy atom. The minimum atomic E-state index is 0. The largest absolute Gasteiger partial charge is 1.00 e. The van der Waals surface area contributed by atoms with Gasteiger partial charge in [0, 0.05) is 0 Å². The first-order valence-corrected chi connectivity index (χ1v) is 4.24. The van der Waals surface area contributed by atoms with E-state index < -0.39 is 0 Å². The van der Waals surface area contributed by atoms with Crippen molar-refractivity contribution in [2.24, 2.45) is 5.92 Å². The molecule has 11 heavy (non-hydrogen) atoms. The molecule has 0 spiro atoms. The van der Waals surface area contributed by atoms with Gasteiger partial charge in [0.05, 0.1) is 0 Å². The number of rotatable bonds is 1. The van der Waals surface area contributed by atoms with Crippen LogP contribution in [0.2, 0.25) is 0 Å². The third-order valence-corrected chi connectivity index (χ3v) is 2.52. The molecule has 0 aromatic rings. The van der Waals surface area contributed by atoms with Gasteiger partial charge < -0.3 is 0 Å². The SMILES string of the molecule is [C-]1=C(C2CCCC2)C=CC1.[Ru+]. The average Bonchev–Trinajstić information content (AvgIpc) is 2.59. The molecule has 0 aliphatic heterocycles. The fourth-order valence-corrected chi connectivity index (χ4v) is 1.94. The molecule has 0 bridgehead atoms. The summed E-state index contributed by atoms with van der Waals surface area (Å²) in [5.41, 5.74) is 1.50. The van der Waals surface area contributed by atoms with Crippen molar-refractivity contribution in [3.63, 3.8) is 0 Å². The minimum Gasteiger partial charge on any atom is -0.269 e. The first-order chi connectivity index (χ1) is 4.97. The molecule has 0 unspecified atom stereocenters. The molecule has 0 heterocycles. The van der Waals surface area contributed by atoms with Gasteiger partial charge in [-0.15, -0.1) is 6.42 Å². The monoisotopic (exact) mass is 235 g/mol. The summed E-state index contributed by atoms with van der Waals surface area (Å²) in [6, 6.07) is 0. The molecule has 2 aliphatic rings. The van der Waals surface area contributed by atoms with Crippen LogP contribution in [0.3, 0.4) is 0 Å². The summed E-state index contributed by atoms with van der Waals surface area (Å²) in [6.45, 7) is 0. The Hall–Kier alpha value is 0.103. The molecule has 2 rings (SSSR count). The van der Waals surface area contributed by atoms with E-state index >= 15 is 0 Å². The molecule has 1 fully saturated rings. The maximum Gasteiger partial charge on any atom is 1.00 e. The van der Waals surface area contributed by atoms with Crippen molar-refractivity contribution in [3.05, 3.63) is 23.8 Å². The Balaban J connectivity index is 0.000000605. The van der Waals surface area contributed by atoms with Gasteiger partial charge >= 0.3 is 19.5 Å². The van der Waals surface area contributed by atoms with E-state index in [4.69, 9.17) is 0 Å². The fraction of sp³-hybridized carbons (Fsp3) is 0.600. The normalized spacial score (nSPS) is 23.5. The van der Waals surface area contributed by atoms with Gasteiger partial charge in [0.2, 0.25) is 0 Å². The van der Waals surface area contributed by atoms with E-state index in [0.717, 1.165) is 12.3 Å². The summed E-state index contributed by atoms with van der Waals surface area (Å²) >= 11 is 0. The third kappa shape index (κ3) is 2.02. The summed E-state index contributed by atoms with van der Waals surface area (Å²) in [5.74, 6) is 0.874. The number of hydrogen-bond donors (Lipinski definition) is 0. The average molecular weight is 234 g/mol. The zero-order valence-electron chi connectivity index (χ0n) is 6.62. The van der Waals surface area contributed by atoms with Crippen molar-refractivity contribution >= 4 is 0 Å². The van der Waals surface area contributed by atoms with Crippen LogP contribution in [-0.4, -0.2) is 0 Å². The molecular formula is C10H13Ru. The van der Waals surface area contributed by atoms with Crippen molar-refractivity contribution < 1.29 is 19.5 Å². The second-order valence-electron chi connectivity index (χ2n) is 3.22. The summed E-state index contributed by atoms with van der Waals surface area (Å²) in [6.07, 6.45) is 14.6. The maximum absolute atomic E-state index is 3.40. The van der Waals surface area contributed by atoms with Crippen molar-refractivity contribution in [3.8, 4) is 0 Å². The van der Waals surface area contributed by atoms with Gasteiger partial charge in [-0.05, 0) is 18.8 Å². The summed E-state index contributed by atoms with van der Waals surface area (Å²) < 4.78 is 0. The molecule has 0 atom stereocenters. The smallest absolute Gasteiger partial charge is 0.269 e. The van der Waals surface area contributed by atoms with Crippen molar-refractivity contribution in [1.82, 2.24) is 0 Å². The molecule has 2 aliphatic carbocycles. The Labute approximate surface area is 81.5 Å². The standard InChI is InChI=1S/C10H13.Ru/c1-2-6-9(5-1)10-7-3-4-8-10;/h1,5,10H,2-4,7-8H2;/q-1;+1. The first-order valence-electron chi connectivity index (χ1n) is 4.24. The predicted molar refractivity (Wildman–Crippen MR) is 42.5 cm³/mol. The van der Waals surface area contributed by atoms with Crippen LogP contribution in [0.25, 0.3) is 0 Å². The van der Waals surface area contributed by atoms with Crippen LogP contribution in [0, 0.1) is 12.0 Å². The van der Waals surface area contributed by atoms with Gasteiger partial charge in [-0.3, -0.25) is 6.08 Å². The topological polar surface area (TPSA) is 0 Å². The molecule has 0 saturated heterocycles. The van der Waals surface area contributed by atoms with Crippen molar-refractivity contribution in [2.45, 2.75) is 32.1 Å². The Bertz CT molecular complexity index is 173. The number of allylic oxidation sites excluding steroid dienone is 4. The Kier molecular flexibility index (Phi) is 3.52. The maximum atomic E-state index is 3.40. The van der Waals surface area contributed by atoms with Crippen LogP contribution >= 0.6 is 0 Å². The molecular weight excluding hydrogens is 221 g/mol. The quantitative estimate of drug-likeness (QED) is 0.483. The second-order valence-corrected chi connectivity index (χ2v) is 3.22. The summed E-state index contributed by atoms with van der Waals surface area (Å²) in [4.78, 5) is 0. The van der Waals surface area contributed by atoms with E-state index in [1.165, 1.54) is 31.3 Å². The molecule has 0 amide bonds. The molecule has 1 radical (unpaired) electrons. The van der Waals surface area contributed by atoms with Crippen LogP contribution in [-0.2, 0) is 19.5 Å². The Morgan fingerprint density at radius 2 is 2.00 bits per heavy atom. The van der Waals surface area contributed by atoms with E-state index in [-0.39, 0.29) is 19.5 Å². The second kappa shape index (κ2) is 4.21. The first kappa shape index (κ1) is 9.19. The van der Waals surface area contributed by atoms with Crippen molar-refractivity contribution in [1.29, 1.82) is 0 Å². The van der Waals surface area contributed by atoms with Crippen LogP contribution < -0.4 is 0 Å². The van der Waals surface area contributed by atoms with Gasteiger partial charge in [-0.1, -0.05) is 12.8 Å². The minimum absolute atomic E-state index is 0. The van der Waals surface area contributed by atoms with E-state index in [9.17, 15) is 0 Å². The Morgan fingerprint density at radius 3 is 2.55 bits per heavy atom. The zero-order valence-corrected chi connectivity index (χ0v) is 8.36. The summed E-state index contributed by atoms with van der Waals surface area (Å²) in [5, 5.41) is 0. The van der Waals surface area contributed by atoms with E-state index in [0.29, 0.717) is 0 Å². The molecule has 1 saturated carbocycles. The van der Waals surface area contributed by atoms with Gasteiger partial charge in [0.25, 0.3) is 0 Å². The van der Waals surface area contributed by atoms with Crippen LogP contribution in [0.1, 0.15) is 32.1 Å². The number of hydrogen-bond acceptors (Lipinski definition) is 0. The van der Waals surface area contributed by atoms with Crippen LogP contribution in [0.5, 0.6) is 0 Å². The summed E-state index contributed by atoms with van der Waals surface area (Å²) in [7, 11) is 0. The van der Waals surface area contributed by atoms with E-state index in [1.54, 1.807) is 0 Å². The fourth-order valence-electron chi connectivity index (χ4n) is 1.94. The molecule has 0 aromatic carbocycles. The zero-order chi connectivity index (χ0) is 6.81. The van der Waals surface area contributed by atoms with Gasteiger partial charge in [-0.25, -0.2) is 11.6 Å². The molecule has 0 nitrogen and oxygen atoms in total. The predicted octanol–water partition coefficient (Wildman–Crippen LogP) is 2.86. The molecule has 0 aromatic heterocycles. The van der Waals surface area contributed by atoms with Gasteiger partial charge in [0.1, 0.15) is 0 Å². The molecule has 61 valence electrons.